The maximum atomic E-state index is 13.1. The monoisotopic (exact) mass is 203 g/mol. The highest BCUT2D eigenvalue weighted by atomic mass is 35.5. The Balaban J connectivity index is 3.41. The number of methoxy groups -OCH3 is 1. The SMILES string of the molecule is COc1c(C)cc(F)c(Cl)c1CN. The third-order valence-corrected chi connectivity index (χ3v) is 2.27. The lowest BCUT2D eigenvalue weighted by molar-refractivity contribution is 0.405. The van der Waals surface area contributed by atoms with Crippen LogP contribution in [0.2, 0.25) is 5.02 Å². The molecule has 13 heavy (non-hydrogen) atoms. The number of benzene rings is 1. The summed E-state index contributed by atoms with van der Waals surface area (Å²) in [4.78, 5) is 0. The summed E-state index contributed by atoms with van der Waals surface area (Å²) in [5, 5.41) is 0.0463. The van der Waals surface area contributed by atoms with E-state index in [0.717, 1.165) is 0 Å². The fourth-order valence-corrected chi connectivity index (χ4v) is 1.48. The summed E-state index contributed by atoms with van der Waals surface area (Å²) >= 11 is 5.71. The quantitative estimate of drug-likeness (QED) is 0.800. The minimum atomic E-state index is -0.458. The third kappa shape index (κ3) is 1.76. The summed E-state index contributed by atoms with van der Waals surface area (Å²) in [6.07, 6.45) is 0. The molecule has 1 aromatic carbocycles. The Kier molecular flexibility index (Phi) is 3.12. The highest BCUT2D eigenvalue weighted by Gasteiger charge is 2.13. The van der Waals surface area contributed by atoms with Gasteiger partial charge in [-0.05, 0) is 18.6 Å². The summed E-state index contributed by atoms with van der Waals surface area (Å²) in [6.45, 7) is 1.91. The smallest absolute Gasteiger partial charge is 0.142 e. The first-order valence-electron chi connectivity index (χ1n) is 3.83. The molecule has 0 aliphatic carbocycles. The molecule has 1 rings (SSSR count). The van der Waals surface area contributed by atoms with Crippen molar-refractivity contribution >= 4 is 11.6 Å². The van der Waals surface area contributed by atoms with E-state index in [4.69, 9.17) is 22.1 Å². The van der Waals surface area contributed by atoms with Crippen molar-refractivity contribution in [2.75, 3.05) is 7.11 Å². The van der Waals surface area contributed by atoms with Crippen molar-refractivity contribution in [1.29, 1.82) is 0 Å². The van der Waals surface area contributed by atoms with Crippen LogP contribution < -0.4 is 10.5 Å². The predicted molar refractivity (Wildman–Crippen MR) is 50.6 cm³/mol. The van der Waals surface area contributed by atoms with Gasteiger partial charge in [0, 0.05) is 12.1 Å². The second-order valence-corrected chi connectivity index (χ2v) is 3.08. The lowest BCUT2D eigenvalue weighted by Gasteiger charge is -2.12. The van der Waals surface area contributed by atoms with Gasteiger partial charge in [0.2, 0.25) is 0 Å². The summed E-state index contributed by atoms with van der Waals surface area (Å²) in [6, 6.07) is 1.33. The number of nitrogens with two attached hydrogens (primary N) is 1. The molecule has 0 unspecified atom stereocenters. The van der Waals surface area contributed by atoms with Crippen LogP contribution in [-0.2, 0) is 6.54 Å². The van der Waals surface area contributed by atoms with Crippen molar-refractivity contribution in [1.82, 2.24) is 0 Å². The molecule has 0 amide bonds. The zero-order valence-electron chi connectivity index (χ0n) is 7.53. The Morgan fingerprint density at radius 3 is 2.69 bits per heavy atom. The maximum Gasteiger partial charge on any atom is 0.142 e. The van der Waals surface area contributed by atoms with Crippen molar-refractivity contribution in [3.8, 4) is 5.75 Å². The lowest BCUT2D eigenvalue weighted by atomic mass is 10.1. The van der Waals surface area contributed by atoms with E-state index in [9.17, 15) is 4.39 Å². The number of rotatable bonds is 2. The highest BCUT2D eigenvalue weighted by Crippen LogP contribution is 2.31. The highest BCUT2D eigenvalue weighted by molar-refractivity contribution is 6.31. The average Bonchev–Trinajstić information content (AvgIpc) is 2.10. The lowest BCUT2D eigenvalue weighted by Crippen LogP contribution is -2.03. The summed E-state index contributed by atoms with van der Waals surface area (Å²) in [7, 11) is 1.51. The molecule has 0 fully saturated rings. The number of ether oxygens (including phenoxy) is 1. The first kappa shape index (κ1) is 10.3. The van der Waals surface area contributed by atoms with E-state index >= 15 is 0 Å². The molecule has 0 saturated heterocycles. The molecule has 0 aliphatic heterocycles. The molecular formula is C9H11ClFNO. The van der Waals surface area contributed by atoms with E-state index in [-0.39, 0.29) is 11.6 Å². The Morgan fingerprint density at radius 2 is 2.23 bits per heavy atom. The van der Waals surface area contributed by atoms with Crippen molar-refractivity contribution in [3.63, 3.8) is 0 Å². The predicted octanol–water partition coefficient (Wildman–Crippen LogP) is 2.25. The average molecular weight is 204 g/mol. The van der Waals surface area contributed by atoms with Gasteiger partial charge in [-0.1, -0.05) is 11.6 Å². The van der Waals surface area contributed by atoms with Crippen LogP contribution in [0.25, 0.3) is 0 Å². The molecule has 0 aromatic heterocycles. The van der Waals surface area contributed by atoms with E-state index in [1.54, 1.807) is 6.92 Å². The van der Waals surface area contributed by atoms with Crippen LogP contribution in [0.3, 0.4) is 0 Å². The summed E-state index contributed by atoms with van der Waals surface area (Å²) in [5.74, 6) is 0.106. The van der Waals surface area contributed by atoms with E-state index < -0.39 is 5.82 Å². The minimum Gasteiger partial charge on any atom is -0.496 e. The Bertz CT molecular complexity index is 328. The molecule has 0 atom stereocenters. The molecular weight excluding hydrogens is 193 g/mol. The van der Waals surface area contributed by atoms with Gasteiger partial charge in [-0.15, -0.1) is 0 Å². The fraction of sp³-hybridized carbons (Fsp3) is 0.333. The van der Waals surface area contributed by atoms with Gasteiger partial charge in [0.05, 0.1) is 12.1 Å². The molecule has 0 spiro atoms. The van der Waals surface area contributed by atoms with Gasteiger partial charge in [-0.3, -0.25) is 0 Å². The molecule has 2 nitrogen and oxygen atoms in total. The molecule has 0 saturated carbocycles. The van der Waals surface area contributed by atoms with Gasteiger partial charge in [-0.25, -0.2) is 4.39 Å². The number of halogens is 2. The normalized spacial score (nSPS) is 10.2. The number of aryl methyl sites for hydroxylation is 1. The van der Waals surface area contributed by atoms with Crippen LogP contribution in [-0.4, -0.2) is 7.11 Å². The fourth-order valence-electron chi connectivity index (χ4n) is 1.27. The van der Waals surface area contributed by atoms with Crippen LogP contribution in [0.4, 0.5) is 4.39 Å². The maximum absolute atomic E-state index is 13.1. The van der Waals surface area contributed by atoms with Crippen molar-refractivity contribution < 1.29 is 9.13 Å². The van der Waals surface area contributed by atoms with Crippen LogP contribution in [0.15, 0.2) is 6.07 Å². The number of hydrogen-bond donors (Lipinski definition) is 1. The van der Waals surface area contributed by atoms with Gasteiger partial charge in [0.25, 0.3) is 0 Å². The molecule has 72 valence electrons. The zero-order valence-corrected chi connectivity index (χ0v) is 8.28. The Hall–Kier alpha value is -0.800. The van der Waals surface area contributed by atoms with Gasteiger partial charge < -0.3 is 10.5 Å². The largest absolute Gasteiger partial charge is 0.496 e. The van der Waals surface area contributed by atoms with E-state index in [2.05, 4.69) is 0 Å². The second-order valence-electron chi connectivity index (χ2n) is 2.71. The van der Waals surface area contributed by atoms with Crippen molar-refractivity contribution in [2.24, 2.45) is 5.73 Å². The third-order valence-electron chi connectivity index (χ3n) is 1.86. The molecule has 0 radical (unpaired) electrons. The van der Waals surface area contributed by atoms with Crippen LogP contribution in [0.1, 0.15) is 11.1 Å². The van der Waals surface area contributed by atoms with E-state index in [0.29, 0.717) is 16.9 Å². The van der Waals surface area contributed by atoms with E-state index in [1.165, 1.54) is 13.2 Å². The van der Waals surface area contributed by atoms with Crippen LogP contribution in [0.5, 0.6) is 5.75 Å². The zero-order chi connectivity index (χ0) is 10.0. The standard InChI is InChI=1S/C9H11ClFNO/c1-5-3-7(11)8(10)6(4-12)9(5)13-2/h3H,4,12H2,1-2H3. The van der Waals surface area contributed by atoms with Crippen molar-refractivity contribution in [3.05, 3.63) is 28.0 Å². The Labute approximate surface area is 81.4 Å². The number of hydrogen-bond acceptors (Lipinski definition) is 2. The molecule has 4 heteroatoms. The van der Waals surface area contributed by atoms with Gasteiger partial charge >= 0.3 is 0 Å². The second kappa shape index (κ2) is 3.94. The Morgan fingerprint density at radius 1 is 1.62 bits per heavy atom. The first-order chi connectivity index (χ1) is 6.11. The van der Waals surface area contributed by atoms with Crippen LogP contribution >= 0.6 is 11.6 Å². The van der Waals surface area contributed by atoms with E-state index in [1.807, 2.05) is 0 Å². The summed E-state index contributed by atoms with van der Waals surface area (Å²) < 4.78 is 18.2. The molecule has 0 aliphatic rings. The topological polar surface area (TPSA) is 35.2 Å². The van der Waals surface area contributed by atoms with Crippen LogP contribution in [0, 0.1) is 12.7 Å². The van der Waals surface area contributed by atoms with Gasteiger partial charge in [-0.2, -0.15) is 0 Å². The van der Waals surface area contributed by atoms with Gasteiger partial charge in [0.15, 0.2) is 0 Å². The molecule has 0 heterocycles. The molecule has 1 aromatic rings. The minimum absolute atomic E-state index is 0.0463. The molecule has 2 N–H and O–H groups in total. The molecule has 0 bridgehead atoms. The van der Waals surface area contributed by atoms with Crippen molar-refractivity contribution in [2.45, 2.75) is 13.5 Å². The van der Waals surface area contributed by atoms with Gasteiger partial charge in [0.1, 0.15) is 11.6 Å². The first-order valence-corrected chi connectivity index (χ1v) is 4.21. The summed E-state index contributed by atoms with van der Waals surface area (Å²) in [5.41, 5.74) is 6.65.